The molecule has 126 valence electrons. The van der Waals surface area contributed by atoms with Gasteiger partial charge in [0, 0.05) is 25.6 Å². The highest BCUT2D eigenvalue weighted by atomic mass is 32.1. The second-order valence-corrected chi connectivity index (χ2v) is 6.97. The van der Waals surface area contributed by atoms with Crippen molar-refractivity contribution in [2.24, 2.45) is 5.73 Å². The van der Waals surface area contributed by atoms with Gasteiger partial charge in [0.15, 0.2) is 0 Å². The fourth-order valence-corrected chi connectivity index (χ4v) is 3.77. The Morgan fingerprint density at radius 2 is 1.96 bits per heavy atom. The van der Waals surface area contributed by atoms with Crippen LogP contribution in [0.2, 0.25) is 0 Å². The molecule has 1 saturated heterocycles. The number of benzene rings is 1. The predicted octanol–water partition coefficient (Wildman–Crippen LogP) is 2.01. The van der Waals surface area contributed by atoms with Crippen molar-refractivity contribution in [1.82, 2.24) is 15.2 Å². The normalized spacial score (nSPS) is 15.2. The highest BCUT2D eigenvalue weighted by molar-refractivity contribution is 7.13. The number of carbonyl (C=O) groups is 2. The lowest BCUT2D eigenvalue weighted by molar-refractivity contribution is 0.0713. The molecule has 3 amide bonds. The molecule has 2 aromatic rings. The molecule has 0 radical (unpaired) electrons. The first-order valence-electron chi connectivity index (χ1n) is 7.95. The van der Waals surface area contributed by atoms with Gasteiger partial charge in [-0.2, -0.15) is 0 Å². The molecule has 3 N–H and O–H groups in total. The van der Waals surface area contributed by atoms with Crippen LogP contribution in [0, 0.1) is 0 Å². The van der Waals surface area contributed by atoms with Gasteiger partial charge < -0.3 is 16.0 Å². The molecule has 1 aromatic carbocycles. The van der Waals surface area contributed by atoms with Crippen LogP contribution < -0.4 is 11.1 Å². The summed E-state index contributed by atoms with van der Waals surface area (Å²) in [5, 5.41) is 3.64. The van der Waals surface area contributed by atoms with E-state index in [9.17, 15) is 9.59 Å². The van der Waals surface area contributed by atoms with Crippen molar-refractivity contribution in [2.75, 3.05) is 13.1 Å². The maximum Gasteiger partial charge on any atom is 0.312 e. The van der Waals surface area contributed by atoms with Gasteiger partial charge in [0.1, 0.15) is 4.88 Å². The van der Waals surface area contributed by atoms with Crippen LogP contribution in [0.1, 0.15) is 33.1 Å². The standard InChI is InChI=1S/C17H20N4O2S/c18-17(23)20-13-6-8-21(9-7-13)16(22)14-11-19-15(24-14)10-12-4-2-1-3-5-12/h1-5,11,13H,6-10H2,(H3,18,20,23). The Hall–Kier alpha value is -2.41. The van der Waals surface area contributed by atoms with Gasteiger partial charge in [0.2, 0.25) is 0 Å². The average Bonchev–Trinajstić information content (AvgIpc) is 3.04. The van der Waals surface area contributed by atoms with Gasteiger partial charge in [-0.25, -0.2) is 9.78 Å². The van der Waals surface area contributed by atoms with Crippen LogP contribution in [0.25, 0.3) is 0 Å². The molecule has 6 nitrogen and oxygen atoms in total. The number of piperidine rings is 1. The van der Waals surface area contributed by atoms with E-state index in [1.807, 2.05) is 23.1 Å². The number of nitrogens with zero attached hydrogens (tertiary/aromatic N) is 2. The number of nitrogens with one attached hydrogen (secondary N) is 1. The molecule has 1 fully saturated rings. The van der Waals surface area contributed by atoms with Gasteiger partial charge in [0.25, 0.3) is 5.91 Å². The van der Waals surface area contributed by atoms with E-state index in [2.05, 4.69) is 22.4 Å². The number of hydrogen-bond acceptors (Lipinski definition) is 4. The maximum atomic E-state index is 12.6. The zero-order valence-electron chi connectivity index (χ0n) is 13.3. The van der Waals surface area contributed by atoms with Gasteiger partial charge in [-0.1, -0.05) is 30.3 Å². The molecule has 0 saturated carbocycles. The summed E-state index contributed by atoms with van der Waals surface area (Å²) in [5.41, 5.74) is 6.32. The summed E-state index contributed by atoms with van der Waals surface area (Å²) in [6.07, 6.45) is 3.86. The number of nitrogens with two attached hydrogens (primary N) is 1. The maximum absolute atomic E-state index is 12.6. The first-order chi connectivity index (χ1) is 11.6. The van der Waals surface area contributed by atoms with Crippen molar-refractivity contribution in [3.8, 4) is 0 Å². The average molecular weight is 344 g/mol. The molecule has 1 aromatic heterocycles. The number of thiazole rings is 1. The number of primary amides is 1. The van der Waals surface area contributed by atoms with Crippen LogP contribution in [-0.2, 0) is 6.42 Å². The zero-order valence-corrected chi connectivity index (χ0v) is 14.1. The first-order valence-corrected chi connectivity index (χ1v) is 8.77. The molecule has 0 aliphatic carbocycles. The smallest absolute Gasteiger partial charge is 0.312 e. The van der Waals surface area contributed by atoms with E-state index in [4.69, 9.17) is 5.73 Å². The van der Waals surface area contributed by atoms with Gasteiger partial charge >= 0.3 is 6.03 Å². The lowest BCUT2D eigenvalue weighted by Crippen LogP contribution is -2.47. The molecular weight excluding hydrogens is 324 g/mol. The summed E-state index contributed by atoms with van der Waals surface area (Å²) in [6, 6.07) is 9.64. The van der Waals surface area contributed by atoms with Gasteiger partial charge in [0.05, 0.1) is 11.2 Å². The number of aromatic nitrogens is 1. The van der Waals surface area contributed by atoms with Crippen molar-refractivity contribution in [2.45, 2.75) is 25.3 Å². The fraction of sp³-hybridized carbons (Fsp3) is 0.353. The lowest BCUT2D eigenvalue weighted by Gasteiger charge is -2.31. The van der Waals surface area contributed by atoms with Gasteiger partial charge in [-0.3, -0.25) is 4.79 Å². The molecule has 1 aliphatic rings. The summed E-state index contributed by atoms with van der Waals surface area (Å²) in [5.74, 6) is 0.0179. The predicted molar refractivity (Wildman–Crippen MR) is 93.0 cm³/mol. The fourth-order valence-electron chi connectivity index (χ4n) is 2.85. The summed E-state index contributed by atoms with van der Waals surface area (Å²) in [6.45, 7) is 1.24. The topological polar surface area (TPSA) is 88.3 Å². The number of rotatable bonds is 4. The van der Waals surface area contributed by atoms with Gasteiger partial charge in [-0.05, 0) is 18.4 Å². The van der Waals surface area contributed by atoms with Crippen molar-refractivity contribution in [1.29, 1.82) is 0 Å². The molecule has 0 atom stereocenters. The summed E-state index contributed by atoms with van der Waals surface area (Å²) in [4.78, 5) is 30.3. The van der Waals surface area contributed by atoms with E-state index < -0.39 is 6.03 Å². The Balaban J connectivity index is 1.57. The molecular formula is C17H20N4O2S. The number of likely N-dealkylation sites (tertiary alicyclic amines) is 1. The second-order valence-electron chi connectivity index (χ2n) is 5.86. The molecule has 0 spiro atoms. The third-order valence-electron chi connectivity index (χ3n) is 4.09. The molecule has 0 unspecified atom stereocenters. The SMILES string of the molecule is NC(=O)NC1CCN(C(=O)c2cnc(Cc3ccccc3)s2)CC1. The third-order valence-corrected chi connectivity index (χ3v) is 5.08. The highest BCUT2D eigenvalue weighted by Gasteiger charge is 2.25. The minimum atomic E-state index is -0.507. The number of amides is 3. The van der Waals surface area contributed by atoms with E-state index >= 15 is 0 Å². The van der Waals surface area contributed by atoms with E-state index in [-0.39, 0.29) is 11.9 Å². The largest absolute Gasteiger partial charge is 0.352 e. The second kappa shape index (κ2) is 7.44. The quantitative estimate of drug-likeness (QED) is 0.889. The Morgan fingerprint density at radius 3 is 2.62 bits per heavy atom. The van der Waals surface area contributed by atoms with Gasteiger partial charge in [-0.15, -0.1) is 11.3 Å². The Kier molecular flexibility index (Phi) is 5.10. The zero-order chi connectivity index (χ0) is 16.9. The number of hydrogen-bond donors (Lipinski definition) is 2. The van der Waals surface area contributed by atoms with Crippen molar-refractivity contribution in [3.63, 3.8) is 0 Å². The lowest BCUT2D eigenvalue weighted by atomic mass is 10.1. The molecule has 3 rings (SSSR count). The summed E-state index contributed by atoms with van der Waals surface area (Å²) < 4.78 is 0. The summed E-state index contributed by atoms with van der Waals surface area (Å²) in [7, 11) is 0. The van der Waals surface area contributed by atoms with E-state index in [1.54, 1.807) is 6.20 Å². The van der Waals surface area contributed by atoms with Crippen molar-refractivity contribution in [3.05, 3.63) is 52.0 Å². The first kappa shape index (κ1) is 16.4. The van der Waals surface area contributed by atoms with Crippen LogP contribution in [0.4, 0.5) is 4.79 Å². The number of carbonyl (C=O) groups excluding carboxylic acids is 2. The minimum Gasteiger partial charge on any atom is -0.352 e. The molecule has 2 heterocycles. The molecule has 1 aliphatic heterocycles. The van der Waals surface area contributed by atoms with Crippen LogP contribution >= 0.6 is 11.3 Å². The summed E-state index contributed by atoms with van der Waals surface area (Å²) >= 11 is 1.45. The Morgan fingerprint density at radius 1 is 1.25 bits per heavy atom. The van der Waals surface area contributed by atoms with Crippen molar-refractivity contribution < 1.29 is 9.59 Å². The Labute approximate surface area is 144 Å². The van der Waals surface area contributed by atoms with Crippen LogP contribution in [0.3, 0.4) is 0 Å². The monoisotopic (exact) mass is 344 g/mol. The number of urea groups is 1. The van der Waals surface area contributed by atoms with E-state index in [0.29, 0.717) is 18.0 Å². The minimum absolute atomic E-state index is 0.0179. The van der Waals surface area contributed by atoms with Crippen LogP contribution in [0.15, 0.2) is 36.5 Å². The van der Waals surface area contributed by atoms with E-state index in [0.717, 1.165) is 24.3 Å². The van der Waals surface area contributed by atoms with Crippen LogP contribution in [0.5, 0.6) is 0 Å². The highest BCUT2D eigenvalue weighted by Crippen LogP contribution is 2.20. The third kappa shape index (κ3) is 4.11. The van der Waals surface area contributed by atoms with E-state index in [1.165, 1.54) is 16.9 Å². The molecule has 0 bridgehead atoms. The van der Waals surface area contributed by atoms with Crippen LogP contribution in [-0.4, -0.2) is 41.0 Å². The molecule has 7 heteroatoms. The Bertz CT molecular complexity index is 708. The molecule has 24 heavy (non-hydrogen) atoms. The van der Waals surface area contributed by atoms with Crippen molar-refractivity contribution >= 4 is 23.3 Å².